The molecule has 3 aliphatic heterocycles. The van der Waals surface area contributed by atoms with Gasteiger partial charge in [0.05, 0.1) is 19.8 Å². The normalized spacial score (nSPS) is 51.3. The highest BCUT2D eigenvalue weighted by atomic mass is 127. The standard InChI is InChI=1S/C18H31IO16/c19-35-18-15(34-17-14(29)11(26)8(23)5(2-21)32-17)12(27)9(24)6(33-18)3-30-16-13(28)10(25)7(22)4(1-20)31-16/h4-18,20-29H,1-3H2. The number of aliphatic hydroxyl groups is 10. The summed E-state index contributed by atoms with van der Waals surface area (Å²) in [4.78, 5) is 0. The highest BCUT2D eigenvalue weighted by Gasteiger charge is 2.52. The third-order valence-corrected chi connectivity index (χ3v) is 6.65. The van der Waals surface area contributed by atoms with Gasteiger partial charge in [0.2, 0.25) is 0 Å². The molecule has 15 unspecified atom stereocenters. The van der Waals surface area contributed by atoms with E-state index in [0.717, 1.165) is 0 Å². The highest BCUT2D eigenvalue weighted by molar-refractivity contribution is 14.1. The number of rotatable bonds is 8. The molecule has 0 spiro atoms. The first-order chi connectivity index (χ1) is 16.5. The molecule has 0 aromatic rings. The second kappa shape index (κ2) is 12.8. The molecule has 206 valence electrons. The first-order valence-electron chi connectivity index (χ1n) is 10.7. The molecule has 0 saturated carbocycles. The molecule has 0 radical (unpaired) electrons. The molecule has 0 aromatic heterocycles. The average Bonchev–Trinajstić information content (AvgIpc) is 2.85. The van der Waals surface area contributed by atoms with Gasteiger partial charge in [-0.1, -0.05) is 0 Å². The van der Waals surface area contributed by atoms with Crippen LogP contribution in [-0.2, 0) is 26.8 Å². The Bertz CT molecular complexity index is 654. The summed E-state index contributed by atoms with van der Waals surface area (Å²) in [5.74, 6) is 0. The fourth-order valence-corrected chi connectivity index (χ4v) is 4.40. The van der Waals surface area contributed by atoms with E-state index in [9.17, 15) is 51.1 Å². The summed E-state index contributed by atoms with van der Waals surface area (Å²) in [5.41, 5.74) is 0. The van der Waals surface area contributed by atoms with Crippen LogP contribution in [0.25, 0.3) is 0 Å². The third kappa shape index (κ3) is 6.23. The third-order valence-electron chi connectivity index (χ3n) is 6.15. The topological polar surface area (TPSA) is 258 Å². The molecular formula is C18H31IO16. The lowest BCUT2D eigenvalue weighted by Gasteiger charge is -2.46. The van der Waals surface area contributed by atoms with E-state index in [2.05, 4.69) is 0 Å². The van der Waals surface area contributed by atoms with Gasteiger partial charge in [-0.15, -0.1) is 0 Å². The Morgan fingerprint density at radius 1 is 0.543 bits per heavy atom. The molecule has 17 heteroatoms. The Morgan fingerprint density at radius 3 is 1.51 bits per heavy atom. The van der Waals surface area contributed by atoms with E-state index in [1.54, 1.807) is 0 Å². The van der Waals surface area contributed by atoms with Crippen molar-refractivity contribution in [3.63, 3.8) is 0 Å². The van der Waals surface area contributed by atoms with Gasteiger partial charge in [0.15, 0.2) is 18.9 Å². The van der Waals surface area contributed by atoms with Crippen molar-refractivity contribution in [2.75, 3.05) is 19.8 Å². The van der Waals surface area contributed by atoms with Crippen molar-refractivity contribution in [1.82, 2.24) is 0 Å². The summed E-state index contributed by atoms with van der Waals surface area (Å²) >= 11 is 1.43. The fourth-order valence-electron chi connectivity index (χ4n) is 3.99. The molecule has 0 aromatic carbocycles. The smallest absolute Gasteiger partial charge is 0.198 e. The predicted molar refractivity (Wildman–Crippen MR) is 114 cm³/mol. The van der Waals surface area contributed by atoms with Crippen LogP contribution in [-0.4, -0.2) is 163 Å². The van der Waals surface area contributed by atoms with Gasteiger partial charge in [-0.25, -0.2) is 0 Å². The van der Waals surface area contributed by atoms with Crippen molar-refractivity contribution < 1.29 is 77.8 Å². The minimum Gasteiger partial charge on any atom is -0.394 e. The first kappa shape index (κ1) is 29.6. The van der Waals surface area contributed by atoms with Crippen LogP contribution in [0, 0.1) is 0 Å². The number of ether oxygens (including phenoxy) is 5. The van der Waals surface area contributed by atoms with Crippen molar-refractivity contribution in [3.8, 4) is 0 Å². The van der Waals surface area contributed by atoms with Crippen molar-refractivity contribution in [1.29, 1.82) is 0 Å². The SMILES string of the molecule is OCC1OC(OCC2OC(OI)C(OC3OC(CO)C(O)C(O)C3O)C(O)C2O)C(O)C(O)C1O. The molecule has 10 N–H and O–H groups in total. The second-order valence-corrected chi connectivity index (χ2v) is 8.95. The van der Waals surface area contributed by atoms with Crippen molar-refractivity contribution in [3.05, 3.63) is 0 Å². The van der Waals surface area contributed by atoms with E-state index < -0.39 is 112 Å². The quantitative estimate of drug-likeness (QED) is 0.112. The number of aliphatic hydroxyl groups excluding tert-OH is 10. The van der Waals surface area contributed by atoms with Crippen LogP contribution in [0.3, 0.4) is 0 Å². The van der Waals surface area contributed by atoms with Crippen LogP contribution in [0.2, 0.25) is 0 Å². The van der Waals surface area contributed by atoms with Gasteiger partial charge in [0.25, 0.3) is 0 Å². The second-order valence-electron chi connectivity index (χ2n) is 8.44. The molecule has 3 rings (SSSR count). The molecule has 3 fully saturated rings. The molecule has 0 amide bonds. The Morgan fingerprint density at radius 2 is 1.00 bits per heavy atom. The zero-order chi connectivity index (χ0) is 26.0. The number of halogens is 1. The molecule has 35 heavy (non-hydrogen) atoms. The van der Waals surface area contributed by atoms with Gasteiger partial charge < -0.3 is 74.7 Å². The van der Waals surface area contributed by atoms with E-state index in [1.165, 1.54) is 23.0 Å². The Hall–Kier alpha value is 0.0900. The minimum atomic E-state index is -1.78. The van der Waals surface area contributed by atoms with Crippen molar-refractivity contribution in [2.24, 2.45) is 0 Å². The fraction of sp³-hybridized carbons (Fsp3) is 1.00. The van der Waals surface area contributed by atoms with E-state index in [-0.39, 0.29) is 0 Å². The molecule has 3 aliphatic rings. The largest absolute Gasteiger partial charge is 0.394 e. The molecule has 0 aliphatic carbocycles. The monoisotopic (exact) mass is 630 g/mol. The van der Waals surface area contributed by atoms with E-state index in [1.807, 2.05) is 0 Å². The maximum atomic E-state index is 10.6. The summed E-state index contributed by atoms with van der Waals surface area (Å²) in [6, 6.07) is 0. The predicted octanol–water partition coefficient (Wildman–Crippen LogP) is -6.20. The zero-order valence-corrected chi connectivity index (χ0v) is 20.2. The van der Waals surface area contributed by atoms with E-state index >= 15 is 0 Å². The number of hydrogen-bond donors (Lipinski definition) is 10. The van der Waals surface area contributed by atoms with Crippen LogP contribution in [0.15, 0.2) is 0 Å². The zero-order valence-electron chi connectivity index (χ0n) is 18.1. The van der Waals surface area contributed by atoms with Gasteiger partial charge in [0.1, 0.15) is 96.3 Å². The van der Waals surface area contributed by atoms with Crippen LogP contribution >= 0.6 is 23.0 Å². The summed E-state index contributed by atoms with van der Waals surface area (Å²) in [6.07, 6.45) is -23.3. The lowest BCUT2D eigenvalue weighted by molar-refractivity contribution is -0.360. The molecule has 3 saturated heterocycles. The van der Waals surface area contributed by atoms with Gasteiger partial charge in [-0.2, -0.15) is 0 Å². The lowest BCUT2D eigenvalue weighted by Crippen LogP contribution is -2.64. The minimum absolute atomic E-state index is 0.510. The van der Waals surface area contributed by atoms with Crippen LogP contribution in [0.5, 0.6) is 0 Å². The van der Waals surface area contributed by atoms with Crippen molar-refractivity contribution in [2.45, 2.75) is 92.1 Å². The van der Waals surface area contributed by atoms with E-state index in [4.69, 9.17) is 26.8 Å². The van der Waals surface area contributed by atoms with Crippen LogP contribution < -0.4 is 0 Å². The van der Waals surface area contributed by atoms with Crippen LogP contribution in [0.1, 0.15) is 0 Å². The molecule has 3 heterocycles. The first-order valence-corrected chi connectivity index (χ1v) is 11.6. The summed E-state index contributed by atoms with van der Waals surface area (Å²) in [7, 11) is 0. The number of hydrogen-bond acceptors (Lipinski definition) is 16. The Balaban J connectivity index is 1.63. The van der Waals surface area contributed by atoms with Crippen molar-refractivity contribution >= 4 is 23.0 Å². The highest BCUT2D eigenvalue weighted by Crippen LogP contribution is 2.31. The maximum Gasteiger partial charge on any atom is 0.198 e. The lowest BCUT2D eigenvalue weighted by atomic mass is 9.97. The van der Waals surface area contributed by atoms with Gasteiger partial charge in [-0.3, -0.25) is 3.07 Å². The van der Waals surface area contributed by atoms with E-state index in [0.29, 0.717) is 0 Å². The van der Waals surface area contributed by atoms with Gasteiger partial charge in [0, 0.05) is 0 Å². The average molecular weight is 630 g/mol. The summed E-state index contributed by atoms with van der Waals surface area (Å²) in [6.45, 7) is -1.89. The van der Waals surface area contributed by atoms with Gasteiger partial charge in [-0.05, 0) is 0 Å². The molecule has 16 nitrogen and oxygen atoms in total. The molecular weight excluding hydrogens is 599 g/mol. The molecule has 15 atom stereocenters. The Kier molecular flexibility index (Phi) is 10.8. The summed E-state index contributed by atoms with van der Waals surface area (Å²) in [5, 5.41) is 99.5. The summed E-state index contributed by atoms with van der Waals surface area (Å²) < 4.78 is 32.0. The van der Waals surface area contributed by atoms with Crippen LogP contribution in [0.4, 0.5) is 0 Å². The molecule has 0 bridgehead atoms. The Labute approximate surface area is 212 Å². The maximum absolute atomic E-state index is 10.6. The van der Waals surface area contributed by atoms with Gasteiger partial charge >= 0.3 is 0 Å².